The van der Waals surface area contributed by atoms with Gasteiger partial charge < -0.3 is 19.1 Å². The zero-order valence-electron chi connectivity index (χ0n) is 18.9. The van der Waals surface area contributed by atoms with Crippen LogP contribution >= 0.6 is 0 Å². The molecule has 170 valence electrons. The van der Waals surface area contributed by atoms with Crippen molar-refractivity contribution >= 4 is 11.6 Å². The standard InChI is InChI=1S/C27H28N2O4/c1-31-21-13-11-19(12-14-21)16-29-23-8-4-6-10-26(23)33-22-15-24(27(29)30)28(18-22)17-20-7-3-5-9-25(20)32-2/h3-14,22,24H,15-18H2,1-2H3/t22-,24-/m0/s1. The minimum absolute atomic E-state index is 0.0297. The predicted octanol–water partition coefficient (Wildman–Crippen LogP) is 4.27. The highest BCUT2D eigenvalue weighted by atomic mass is 16.5. The van der Waals surface area contributed by atoms with Crippen LogP contribution in [-0.4, -0.2) is 43.7 Å². The number of para-hydroxylation sites is 3. The van der Waals surface area contributed by atoms with Gasteiger partial charge in [-0.3, -0.25) is 9.69 Å². The Morgan fingerprint density at radius 2 is 1.67 bits per heavy atom. The summed E-state index contributed by atoms with van der Waals surface area (Å²) in [4.78, 5) is 18.1. The average Bonchev–Trinajstić information content (AvgIpc) is 3.26. The summed E-state index contributed by atoms with van der Waals surface area (Å²) in [6.07, 6.45) is 0.638. The van der Waals surface area contributed by atoms with E-state index in [1.54, 1.807) is 14.2 Å². The van der Waals surface area contributed by atoms with Crippen LogP contribution < -0.4 is 19.1 Å². The van der Waals surface area contributed by atoms with Gasteiger partial charge in [0.1, 0.15) is 23.4 Å². The molecule has 3 aromatic carbocycles. The predicted molar refractivity (Wildman–Crippen MR) is 127 cm³/mol. The zero-order valence-corrected chi connectivity index (χ0v) is 18.9. The van der Waals surface area contributed by atoms with Crippen LogP contribution in [0.4, 0.5) is 5.69 Å². The van der Waals surface area contributed by atoms with E-state index in [1.165, 1.54) is 0 Å². The molecule has 5 rings (SSSR count). The number of likely N-dealkylation sites (tertiary alicyclic amines) is 1. The molecule has 2 atom stereocenters. The fourth-order valence-corrected chi connectivity index (χ4v) is 4.77. The van der Waals surface area contributed by atoms with Gasteiger partial charge in [0.2, 0.25) is 5.91 Å². The van der Waals surface area contributed by atoms with Gasteiger partial charge in [0.15, 0.2) is 0 Å². The molecule has 6 nitrogen and oxygen atoms in total. The van der Waals surface area contributed by atoms with Gasteiger partial charge in [-0.25, -0.2) is 0 Å². The van der Waals surface area contributed by atoms with Gasteiger partial charge in [-0.1, -0.05) is 42.5 Å². The number of nitrogens with zero attached hydrogens (tertiary/aromatic N) is 2. The fraction of sp³-hybridized carbons (Fsp3) is 0.296. The number of hydrogen-bond acceptors (Lipinski definition) is 5. The lowest BCUT2D eigenvalue weighted by molar-refractivity contribution is -0.123. The van der Waals surface area contributed by atoms with Crippen molar-refractivity contribution in [2.45, 2.75) is 31.7 Å². The molecular weight excluding hydrogens is 416 g/mol. The molecule has 2 heterocycles. The van der Waals surface area contributed by atoms with Gasteiger partial charge in [-0.05, 0) is 35.9 Å². The number of amides is 1. The zero-order chi connectivity index (χ0) is 22.8. The quantitative estimate of drug-likeness (QED) is 0.568. The molecule has 33 heavy (non-hydrogen) atoms. The number of benzene rings is 3. The number of ether oxygens (including phenoxy) is 3. The van der Waals surface area contributed by atoms with E-state index in [-0.39, 0.29) is 18.1 Å². The Kier molecular flexibility index (Phi) is 5.92. The van der Waals surface area contributed by atoms with E-state index in [0.29, 0.717) is 26.1 Å². The highest BCUT2D eigenvalue weighted by molar-refractivity contribution is 5.99. The van der Waals surface area contributed by atoms with Crippen molar-refractivity contribution in [1.82, 2.24) is 4.90 Å². The van der Waals surface area contributed by atoms with Crippen LogP contribution in [0.15, 0.2) is 72.8 Å². The number of anilines is 1. The Labute approximate surface area is 194 Å². The van der Waals surface area contributed by atoms with E-state index >= 15 is 0 Å². The van der Waals surface area contributed by atoms with Gasteiger partial charge in [0.05, 0.1) is 32.5 Å². The van der Waals surface area contributed by atoms with Gasteiger partial charge in [0.25, 0.3) is 0 Å². The molecule has 6 heteroatoms. The van der Waals surface area contributed by atoms with E-state index in [1.807, 2.05) is 71.6 Å². The topological polar surface area (TPSA) is 51.2 Å². The molecule has 0 N–H and O–H groups in total. The fourth-order valence-electron chi connectivity index (χ4n) is 4.77. The summed E-state index contributed by atoms with van der Waals surface area (Å²) in [5.74, 6) is 2.48. The summed E-state index contributed by atoms with van der Waals surface area (Å²) >= 11 is 0. The number of hydrogen-bond donors (Lipinski definition) is 0. The first kappa shape index (κ1) is 21.3. The maximum Gasteiger partial charge on any atom is 0.244 e. The third kappa shape index (κ3) is 4.26. The lowest BCUT2D eigenvalue weighted by Crippen LogP contribution is -2.45. The van der Waals surface area contributed by atoms with E-state index < -0.39 is 0 Å². The first-order valence-corrected chi connectivity index (χ1v) is 11.2. The SMILES string of the molecule is COc1ccc(CN2C(=O)[C@@H]3C[C@@H](CN3Cc3ccccc3OC)Oc3ccccc32)cc1. The summed E-state index contributed by atoms with van der Waals surface area (Å²) in [5, 5.41) is 0. The maximum absolute atomic E-state index is 14.0. The van der Waals surface area contributed by atoms with Gasteiger partial charge in [-0.15, -0.1) is 0 Å². The van der Waals surface area contributed by atoms with Gasteiger partial charge >= 0.3 is 0 Å². The Balaban J connectivity index is 1.47. The lowest BCUT2D eigenvalue weighted by atomic mass is 10.1. The first-order chi connectivity index (χ1) is 16.2. The number of methoxy groups -OCH3 is 2. The molecule has 0 aromatic heterocycles. The van der Waals surface area contributed by atoms with E-state index in [0.717, 1.165) is 34.1 Å². The van der Waals surface area contributed by atoms with Gasteiger partial charge in [-0.2, -0.15) is 0 Å². The van der Waals surface area contributed by atoms with Crippen molar-refractivity contribution in [1.29, 1.82) is 0 Å². The summed E-state index contributed by atoms with van der Waals surface area (Å²) in [5.41, 5.74) is 2.91. The van der Waals surface area contributed by atoms with Crippen LogP contribution in [0, 0.1) is 0 Å². The van der Waals surface area contributed by atoms with Crippen molar-refractivity contribution in [2.75, 3.05) is 25.7 Å². The summed E-state index contributed by atoms with van der Waals surface area (Å²) in [6.45, 7) is 1.79. The summed E-state index contributed by atoms with van der Waals surface area (Å²) in [6, 6.07) is 23.4. The lowest BCUT2D eigenvalue weighted by Gasteiger charge is -2.32. The molecule has 0 aliphatic carbocycles. The van der Waals surface area contributed by atoms with E-state index in [9.17, 15) is 4.79 Å². The van der Waals surface area contributed by atoms with Crippen LogP contribution in [0.2, 0.25) is 0 Å². The molecule has 0 spiro atoms. The molecule has 2 aliphatic rings. The molecular formula is C27H28N2O4. The number of carbonyl (C=O) groups is 1. The van der Waals surface area contributed by atoms with Crippen molar-refractivity contribution in [3.05, 3.63) is 83.9 Å². The Hall–Kier alpha value is -3.51. The number of rotatable bonds is 6. The number of carbonyl (C=O) groups excluding carboxylic acids is 1. The third-order valence-corrected chi connectivity index (χ3v) is 6.43. The third-order valence-electron chi connectivity index (χ3n) is 6.43. The average molecular weight is 445 g/mol. The Morgan fingerprint density at radius 3 is 2.45 bits per heavy atom. The van der Waals surface area contributed by atoms with Gasteiger partial charge in [0, 0.05) is 25.1 Å². The summed E-state index contributed by atoms with van der Waals surface area (Å²) < 4.78 is 17.3. The summed E-state index contributed by atoms with van der Waals surface area (Å²) in [7, 11) is 3.33. The van der Waals surface area contributed by atoms with Crippen LogP contribution in [0.25, 0.3) is 0 Å². The minimum atomic E-state index is -0.258. The smallest absolute Gasteiger partial charge is 0.244 e. The molecule has 0 unspecified atom stereocenters. The maximum atomic E-state index is 14.0. The van der Waals surface area contributed by atoms with Crippen LogP contribution in [-0.2, 0) is 17.9 Å². The van der Waals surface area contributed by atoms with Crippen LogP contribution in [0.5, 0.6) is 17.2 Å². The molecule has 1 saturated heterocycles. The normalized spacial score (nSPS) is 19.9. The second-order valence-corrected chi connectivity index (χ2v) is 8.47. The second-order valence-electron chi connectivity index (χ2n) is 8.47. The first-order valence-electron chi connectivity index (χ1n) is 11.2. The molecule has 2 bridgehead atoms. The van der Waals surface area contributed by atoms with Crippen molar-refractivity contribution in [3.63, 3.8) is 0 Å². The molecule has 2 aliphatic heterocycles. The molecule has 3 aromatic rings. The second kappa shape index (κ2) is 9.16. The van der Waals surface area contributed by atoms with E-state index in [2.05, 4.69) is 11.0 Å². The van der Waals surface area contributed by atoms with Crippen LogP contribution in [0.3, 0.4) is 0 Å². The van der Waals surface area contributed by atoms with Crippen molar-refractivity contribution in [3.8, 4) is 17.2 Å². The number of fused-ring (bicyclic) bond motifs is 3. The van der Waals surface area contributed by atoms with E-state index in [4.69, 9.17) is 14.2 Å². The monoisotopic (exact) mass is 444 g/mol. The molecule has 1 fully saturated rings. The molecule has 0 saturated carbocycles. The Bertz CT molecular complexity index is 1130. The molecule has 1 amide bonds. The molecule has 0 radical (unpaired) electrons. The Morgan fingerprint density at radius 1 is 0.909 bits per heavy atom. The minimum Gasteiger partial charge on any atom is -0.497 e. The largest absolute Gasteiger partial charge is 0.497 e. The highest BCUT2D eigenvalue weighted by Crippen LogP contribution is 2.38. The van der Waals surface area contributed by atoms with Crippen molar-refractivity contribution < 1.29 is 19.0 Å². The highest BCUT2D eigenvalue weighted by Gasteiger charge is 2.43. The van der Waals surface area contributed by atoms with Crippen LogP contribution in [0.1, 0.15) is 17.5 Å². The van der Waals surface area contributed by atoms with Crippen molar-refractivity contribution in [2.24, 2.45) is 0 Å².